The molecule has 0 N–H and O–H groups in total. The number of carbonyl (C=O) groups is 1. The van der Waals surface area contributed by atoms with Gasteiger partial charge in [-0.05, 0) is 42.0 Å². The van der Waals surface area contributed by atoms with Crippen LogP contribution in [-0.4, -0.2) is 22.5 Å². The standard InChI is InChI=1S/C20H21FN2OS2/c1-3-14-4-6-15(7-5-14)12-19(24)22-20-23(10-11-25-2)17-9-8-16(21)13-18(17)26-20/h4-9,13H,3,10-12H2,1-2H3. The maximum atomic E-state index is 13.5. The predicted molar refractivity (Wildman–Crippen MR) is 108 cm³/mol. The lowest BCUT2D eigenvalue weighted by Crippen LogP contribution is -2.18. The van der Waals surface area contributed by atoms with E-state index < -0.39 is 0 Å². The highest BCUT2D eigenvalue weighted by Crippen LogP contribution is 2.19. The van der Waals surface area contributed by atoms with E-state index in [4.69, 9.17) is 0 Å². The van der Waals surface area contributed by atoms with Crippen molar-refractivity contribution in [1.82, 2.24) is 4.57 Å². The number of amides is 1. The number of fused-ring (bicyclic) bond motifs is 1. The van der Waals surface area contributed by atoms with Crippen LogP contribution in [0, 0.1) is 5.82 Å². The Bertz CT molecular complexity index is 974. The summed E-state index contributed by atoms with van der Waals surface area (Å²) in [7, 11) is 0. The van der Waals surface area contributed by atoms with Gasteiger partial charge in [-0.15, -0.1) is 0 Å². The van der Waals surface area contributed by atoms with Crippen molar-refractivity contribution in [3.8, 4) is 0 Å². The minimum absolute atomic E-state index is 0.181. The van der Waals surface area contributed by atoms with Gasteiger partial charge in [0.1, 0.15) is 5.82 Å². The van der Waals surface area contributed by atoms with Crippen LogP contribution >= 0.6 is 23.1 Å². The van der Waals surface area contributed by atoms with Crippen molar-refractivity contribution >= 4 is 39.2 Å². The van der Waals surface area contributed by atoms with Gasteiger partial charge in [-0.1, -0.05) is 42.5 Å². The number of rotatable bonds is 6. The topological polar surface area (TPSA) is 34.4 Å². The number of thioether (sulfide) groups is 1. The van der Waals surface area contributed by atoms with Crippen LogP contribution in [0.3, 0.4) is 0 Å². The van der Waals surface area contributed by atoms with Crippen molar-refractivity contribution in [3.05, 3.63) is 64.2 Å². The third kappa shape index (κ3) is 4.43. The highest BCUT2D eigenvalue weighted by molar-refractivity contribution is 7.98. The Kier molecular flexibility index (Phi) is 6.27. The van der Waals surface area contributed by atoms with E-state index in [-0.39, 0.29) is 18.1 Å². The lowest BCUT2D eigenvalue weighted by atomic mass is 10.1. The molecule has 2 aromatic carbocycles. The van der Waals surface area contributed by atoms with Crippen molar-refractivity contribution in [2.45, 2.75) is 26.3 Å². The molecule has 1 amide bonds. The minimum Gasteiger partial charge on any atom is -0.316 e. The molecule has 0 aliphatic heterocycles. The molecular formula is C20H21FN2OS2. The van der Waals surface area contributed by atoms with Crippen LogP contribution in [0.2, 0.25) is 0 Å². The van der Waals surface area contributed by atoms with Gasteiger partial charge in [-0.3, -0.25) is 4.79 Å². The maximum Gasteiger partial charge on any atom is 0.252 e. The molecule has 0 aliphatic carbocycles. The first-order valence-corrected chi connectivity index (χ1v) is 10.7. The van der Waals surface area contributed by atoms with Crippen molar-refractivity contribution in [3.63, 3.8) is 0 Å². The number of hydrogen-bond acceptors (Lipinski definition) is 3. The van der Waals surface area contributed by atoms with Crippen molar-refractivity contribution < 1.29 is 9.18 Å². The normalized spacial score (nSPS) is 12.0. The zero-order valence-corrected chi connectivity index (χ0v) is 16.5. The third-order valence-electron chi connectivity index (χ3n) is 4.17. The SMILES string of the molecule is CCc1ccc(CC(=O)N=c2sc3cc(F)ccc3n2CCSC)cc1. The Morgan fingerprint density at radius 1 is 1.19 bits per heavy atom. The van der Waals surface area contributed by atoms with Crippen LogP contribution in [0.4, 0.5) is 4.39 Å². The Balaban J connectivity index is 1.92. The van der Waals surface area contributed by atoms with E-state index in [0.717, 1.165) is 34.5 Å². The number of halogens is 1. The third-order valence-corrected chi connectivity index (χ3v) is 5.80. The number of carbonyl (C=O) groups excluding carboxylic acids is 1. The number of benzene rings is 2. The summed E-state index contributed by atoms with van der Waals surface area (Å²) in [5.41, 5.74) is 3.13. The van der Waals surface area contributed by atoms with Crippen LogP contribution in [0.5, 0.6) is 0 Å². The molecule has 0 radical (unpaired) electrons. The first-order valence-electron chi connectivity index (χ1n) is 8.54. The van der Waals surface area contributed by atoms with E-state index in [1.807, 2.05) is 35.1 Å². The van der Waals surface area contributed by atoms with Gasteiger partial charge in [0.25, 0.3) is 5.91 Å². The molecule has 1 heterocycles. The van der Waals surface area contributed by atoms with E-state index in [0.29, 0.717) is 4.80 Å². The molecule has 3 aromatic rings. The molecule has 0 unspecified atom stereocenters. The van der Waals surface area contributed by atoms with Crippen LogP contribution in [0.1, 0.15) is 18.1 Å². The molecule has 26 heavy (non-hydrogen) atoms. The van der Waals surface area contributed by atoms with E-state index >= 15 is 0 Å². The van der Waals surface area contributed by atoms with Gasteiger partial charge in [-0.2, -0.15) is 16.8 Å². The van der Waals surface area contributed by atoms with E-state index in [9.17, 15) is 9.18 Å². The fourth-order valence-corrected chi connectivity index (χ4v) is 4.21. The van der Waals surface area contributed by atoms with E-state index in [2.05, 4.69) is 11.9 Å². The summed E-state index contributed by atoms with van der Waals surface area (Å²) >= 11 is 3.09. The number of thiazole rings is 1. The average Bonchev–Trinajstić information content (AvgIpc) is 2.96. The Labute approximate surface area is 160 Å². The van der Waals surface area contributed by atoms with Gasteiger partial charge < -0.3 is 4.57 Å². The largest absolute Gasteiger partial charge is 0.316 e. The molecule has 3 rings (SSSR count). The molecule has 1 aromatic heterocycles. The number of aryl methyl sites for hydroxylation is 2. The summed E-state index contributed by atoms with van der Waals surface area (Å²) in [4.78, 5) is 17.4. The van der Waals surface area contributed by atoms with Crippen LogP contribution in [0.15, 0.2) is 47.5 Å². The zero-order valence-electron chi connectivity index (χ0n) is 14.9. The fraction of sp³-hybridized carbons (Fsp3) is 0.300. The minimum atomic E-state index is -0.273. The highest BCUT2D eigenvalue weighted by atomic mass is 32.2. The zero-order chi connectivity index (χ0) is 18.5. The van der Waals surface area contributed by atoms with Crippen molar-refractivity contribution in [2.24, 2.45) is 4.99 Å². The first-order chi connectivity index (χ1) is 12.6. The molecule has 0 saturated carbocycles. The summed E-state index contributed by atoms with van der Waals surface area (Å²) in [6.45, 7) is 2.84. The van der Waals surface area contributed by atoms with Gasteiger partial charge in [0, 0.05) is 12.3 Å². The van der Waals surface area contributed by atoms with Crippen molar-refractivity contribution in [2.75, 3.05) is 12.0 Å². The molecule has 0 aliphatic rings. The summed E-state index contributed by atoms with van der Waals surface area (Å²) in [6, 6.07) is 12.8. The summed E-state index contributed by atoms with van der Waals surface area (Å²) in [6.07, 6.45) is 3.29. The first kappa shape index (κ1) is 18.9. The van der Waals surface area contributed by atoms with Crippen LogP contribution in [-0.2, 0) is 24.2 Å². The summed E-state index contributed by atoms with van der Waals surface area (Å²) in [5.74, 6) is 0.451. The quantitative estimate of drug-likeness (QED) is 0.626. The van der Waals surface area contributed by atoms with Crippen LogP contribution in [0.25, 0.3) is 10.2 Å². The molecular weight excluding hydrogens is 367 g/mol. The van der Waals surface area contributed by atoms with Crippen molar-refractivity contribution in [1.29, 1.82) is 0 Å². The molecule has 0 fully saturated rings. The molecule has 136 valence electrons. The van der Waals surface area contributed by atoms with Gasteiger partial charge in [0.2, 0.25) is 0 Å². The average molecular weight is 389 g/mol. The second-order valence-electron chi connectivity index (χ2n) is 5.99. The smallest absolute Gasteiger partial charge is 0.252 e. The Morgan fingerprint density at radius 2 is 1.92 bits per heavy atom. The highest BCUT2D eigenvalue weighted by Gasteiger charge is 2.09. The molecule has 0 spiro atoms. The lowest BCUT2D eigenvalue weighted by molar-refractivity contribution is -0.117. The van der Waals surface area contributed by atoms with Gasteiger partial charge in [0.15, 0.2) is 4.80 Å². The molecule has 3 nitrogen and oxygen atoms in total. The van der Waals surface area contributed by atoms with Gasteiger partial charge in [-0.25, -0.2) is 4.39 Å². The number of hydrogen-bond donors (Lipinski definition) is 0. The van der Waals surface area contributed by atoms with Crippen LogP contribution < -0.4 is 4.80 Å². The number of nitrogens with zero attached hydrogens (tertiary/aromatic N) is 2. The predicted octanol–water partition coefficient (Wildman–Crippen LogP) is 4.44. The Hall–Kier alpha value is -1.92. The maximum absolute atomic E-state index is 13.5. The molecule has 0 atom stereocenters. The second kappa shape index (κ2) is 8.64. The summed E-state index contributed by atoms with van der Waals surface area (Å²) < 4.78 is 16.4. The Morgan fingerprint density at radius 3 is 2.62 bits per heavy atom. The molecule has 0 saturated heterocycles. The van der Waals surface area contributed by atoms with Gasteiger partial charge in [0.05, 0.1) is 16.6 Å². The number of aromatic nitrogens is 1. The van der Waals surface area contributed by atoms with E-state index in [1.54, 1.807) is 17.8 Å². The fourth-order valence-electron chi connectivity index (χ4n) is 2.74. The summed E-state index contributed by atoms with van der Waals surface area (Å²) in [5, 5.41) is 0. The van der Waals surface area contributed by atoms with Gasteiger partial charge >= 0.3 is 0 Å². The monoisotopic (exact) mass is 388 g/mol. The molecule has 0 bridgehead atoms. The lowest BCUT2D eigenvalue weighted by Gasteiger charge is -2.04. The van der Waals surface area contributed by atoms with E-state index in [1.165, 1.54) is 29.0 Å². The molecule has 6 heteroatoms. The second-order valence-corrected chi connectivity index (χ2v) is 7.99.